The summed E-state index contributed by atoms with van der Waals surface area (Å²) in [6.45, 7) is 9.04. The monoisotopic (exact) mass is 234 g/mol. The quantitative estimate of drug-likeness (QED) is 0.748. The highest BCUT2D eigenvalue weighted by molar-refractivity contribution is 7.91. The molecule has 0 aromatic heterocycles. The average Bonchev–Trinajstić information content (AvgIpc) is 1.99. The van der Waals surface area contributed by atoms with Crippen molar-refractivity contribution < 1.29 is 13.2 Å². The van der Waals surface area contributed by atoms with Gasteiger partial charge in [0.25, 0.3) is 0 Å². The number of carbonyl (C=O) groups excluding carboxylic acids is 1. The first kappa shape index (κ1) is 14.6. The van der Waals surface area contributed by atoms with Gasteiger partial charge in [0.15, 0.2) is 0 Å². The highest BCUT2D eigenvalue weighted by atomic mass is 32.2. The van der Waals surface area contributed by atoms with E-state index in [9.17, 15) is 13.2 Å². The molecule has 4 heteroatoms. The van der Waals surface area contributed by atoms with Crippen LogP contribution in [-0.4, -0.2) is 25.7 Å². The van der Waals surface area contributed by atoms with E-state index in [0.29, 0.717) is 6.42 Å². The number of Topliss-reactive ketones (excluding diaryl/α,β-unsaturated/α-hetero) is 1. The molecule has 0 saturated heterocycles. The summed E-state index contributed by atoms with van der Waals surface area (Å²) in [6, 6.07) is 0. The number of sulfone groups is 1. The Morgan fingerprint density at radius 3 is 1.87 bits per heavy atom. The van der Waals surface area contributed by atoms with E-state index in [1.807, 2.05) is 27.7 Å². The molecular formula is C11H22O3S. The second-order valence-electron chi connectivity index (χ2n) is 5.39. The average molecular weight is 234 g/mol. The summed E-state index contributed by atoms with van der Waals surface area (Å²) >= 11 is 0. The number of carbonyl (C=O) groups is 1. The van der Waals surface area contributed by atoms with Gasteiger partial charge in [-0.15, -0.1) is 0 Å². The van der Waals surface area contributed by atoms with Crippen LogP contribution in [0.3, 0.4) is 0 Å². The molecule has 0 radical (unpaired) electrons. The summed E-state index contributed by atoms with van der Waals surface area (Å²) < 4.78 is 22.6. The topological polar surface area (TPSA) is 51.2 Å². The summed E-state index contributed by atoms with van der Waals surface area (Å²) in [5.74, 6) is -0.00257. The lowest BCUT2D eigenvalue weighted by molar-refractivity contribution is -0.127. The summed E-state index contributed by atoms with van der Waals surface area (Å²) in [5.41, 5.74) is -0.383. The number of hydrogen-bond donors (Lipinski definition) is 0. The van der Waals surface area contributed by atoms with Gasteiger partial charge in [-0.1, -0.05) is 27.7 Å². The van der Waals surface area contributed by atoms with Crippen LogP contribution in [0.25, 0.3) is 0 Å². The molecule has 0 rings (SSSR count). The van der Waals surface area contributed by atoms with Gasteiger partial charge in [0.1, 0.15) is 15.6 Å². The van der Waals surface area contributed by atoms with Crippen LogP contribution in [0.4, 0.5) is 0 Å². The largest absolute Gasteiger partial charge is 0.299 e. The molecular weight excluding hydrogens is 212 g/mol. The smallest absolute Gasteiger partial charge is 0.150 e. The molecule has 0 aliphatic heterocycles. The van der Waals surface area contributed by atoms with Crippen molar-refractivity contribution >= 4 is 15.6 Å². The van der Waals surface area contributed by atoms with Crippen LogP contribution in [0.15, 0.2) is 0 Å². The highest BCUT2D eigenvalue weighted by Gasteiger charge is 2.28. The van der Waals surface area contributed by atoms with E-state index in [2.05, 4.69) is 0 Å². The summed E-state index contributed by atoms with van der Waals surface area (Å²) in [7, 11) is -3.05. The molecule has 90 valence electrons. The normalized spacial score (nSPS) is 17.2. The second kappa shape index (κ2) is 4.64. The molecule has 2 unspecified atom stereocenters. The van der Waals surface area contributed by atoms with Crippen molar-refractivity contribution in [2.75, 3.05) is 6.26 Å². The van der Waals surface area contributed by atoms with Gasteiger partial charge in [-0.25, -0.2) is 8.42 Å². The fraction of sp³-hybridized carbons (Fsp3) is 0.909. The van der Waals surface area contributed by atoms with Crippen LogP contribution in [0.2, 0.25) is 0 Å². The predicted octanol–water partition coefficient (Wildman–Crippen LogP) is 2.06. The van der Waals surface area contributed by atoms with Crippen LogP contribution < -0.4 is 0 Å². The zero-order valence-corrected chi connectivity index (χ0v) is 11.3. The Balaban J connectivity index is 4.53. The molecule has 3 nitrogen and oxygen atoms in total. The number of ketones is 1. The van der Waals surface area contributed by atoms with Crippen molar-refractivity contribution in [1.82, 2.24) is 0 Å². The lowest BCUT2D eigenvalue weighted by atomic mass is 9.85. The lowest BCUT2D eigenvalue weighted by Gasteiger charge is -2.22. The van der Waals surface area contributed by atoms with Crippen LogP contribution >= 0.6 is 0 Å². The SMILES string of the molecule is CC(CC(=O)C(C)(C)C)C(C)S(C)(=O)=O. The van der Waals surface area contributed by atoms with E-state index in [0.717, 1.165) is 0 Å². The summed E-state index contributed by atoms with van der Waals surface area (Å²) in [4.78, 5) is 11.7. The van der Waals surface area contributed by atoms with E-state index >= 15 is 0 Å². The third-order valence-corrected chi connectivity index (χ3v) is 4.64. The predicted molar refractivity (Wildman–Crippen MR) is 62.5 cm³/mol. The third-order valence-electron chi connectivity index (χ3n) is 2.82. The Morgan fingerprint density at radius 2 is 1.60 bits per heavy atom. The highest BCUT2D eigenvalue weighted by Crippen LogP contribution is 2.23. The minimum Gasteiger partial charge on any atom is -0.299 e. The van der Waals surface area contributed by atoms with E-state index < -0.39 is 15.1 Å². The molecule has 0 fully saturated rings. The van der Waals surface area contributed by atoms with Gasteiger partial charge in [-0.3, -0.25) is 4.79 Å². The molecule has 0 bridgehead atoms. The Morgan fingerprint density at radius 1 is 1.20 bits per heavy atom. The van der Waals surface area contributed by atoms with Crippen molar-refractivity contribution in [3.63, 3.8) is 0 Å². The fourth-order valence-corrected chi connectivity index (χ4v) is 2.13. The number of hydrogen-bond acceptors (Lipinski definition) is 3. The standard InChI is InChI=1S/C11H22O3S/c1-8(9(2)15(6,13)14)7-10(12)11(3,4)5/h8-9H,7H2,1-6H3. The molecule has 0 aliphatic rings. The van der Waals surface area contributed by atoms with Crippen molar-refractivity contribution in [3.05, 3.63) is 0 Å². The Hall–Kier alpha value is -0.380. The van der Waals surface area contributed by atoms with Crippen molar-refractivity contribution in [3.8, 4) is 0 Å². The minimum atomic E-state index is -3.05. The Labute approximate surface area is 93.2 Å². The van der Waals surface area contributed by atoms with Gasteiger partial charge in [0.2, 0.25) is 0 Å². The van der Waals surface area contributed by atoms with Crippen LogP contribution in [-0.2, 0) is 14.6 Å². The molecule has 0 aromatic rings. The molecule has 0 saturated carbocycles. The fourth-order valence-electron chi connectivity index (χ4n) is 1.19. The van der Waals surface area contributed by atoms with E-state index in [1.165, 1.54) is 6.26 Å². The Kier molecular flexibility index (Phi) is 4.52. The van der Waals surface area contributed by atoms with Crippen molar-refractivity contribution in [1.29, 1.82) is 0 Å². The zero-order chi connectivity index (χ0) is 12.4. The first-order valence-corrected chi connectivity index (χ1v) is 7.14. The maximum absolute atomic E-state index is 11.7. The third kappa shape index (κ3) is 4.78. The van der Waals surface area contributed by atoms with Crippen LogP contribution in [0.1, 0.15) is 41.0 Å². The number of rotatable bonds is 4. The van der Waals surface area contributed by atoms with E-state index in [4.69, 9.17) is 0 Å². The van der Waals surface area contributed by atoms with Crippen LogP contribution in [0.5, 0.6) is 0 Å². The van der Waals surface area contributed by atoms with E-state index in [1.54, 1.807) is 6.92 Å². The van der Waals surface area contributed by atoms with Crippen molar-refractivity contribution in [2.45, 2.75) is 46.3 Å². The zero-order valence-electron chi connectivity index (χ0n) is 10.5. The van der Waals surface area contributed by atoms with Crippen molar-refractivity contribution in [2.24, 2.45) is 11.3 Å². The van der Waals surface area contributed by atoms with Gasteiger partial charge < -0.3 is 0 Å². The first-order valence-electron chi connectivity index (χ1n) is 5.18. The summed E-state index contributed by atoms with van der Waals surface area (Å²) in [6.07, 6.45) is 1.55. The van der Waals surface area contributed by atoms with Gasteiger partial charge in [0, 0.05) is 18.1 Å². The molecule has 0 amide bonds. The molecule has 15 heavy (non-hydrogen) atoms. The molecule has 0 aromatic carbocycles. The maximum atomic E-state index is 11.7. The molecule has 0 spiro atoms. The van der Waals surface area contributed by atoms with Gasteiger partial charge in [-0.05, 0) is 12.8 Å². The van der Waals surface area contributed by atoms with E-state index in [-0.39, 0.29) is 17.1 Å². The second-order valence-corrected chi connectivity index (χ2v) is 7.79. The molecule has 0 aliphatic carbocycles. The first-order chi connectivity index (χ1) is 6.46. The Bertz CT molecular complexity index is 322. The van der Waals surface area contributed by atoms with Crippen LogP contribution in [0, 0.1) is 11.3 Å². The lowest BCUT2D eigenvalue weighted by Crippen LogP contribution is -2.29. The van der Waals surface area contributed by atoms with Gasteiger partial charge >= 0.3 is 0 Å². The molecule has 2 atom stereocenters. The molecule has 0 N–H and O–H groups in total. The summed E-state index contributed by atoms with van der Waals surface area (Å²) in [5, 5.41) is -0.455. The molecule has 0 heterocycles. The van der Waals surface area contributed by atoms with Gasteiger partial charge in [0.05, 0.1) is 5.25 Å². The maximum Gasteiger partial charge on any atom is 0.150 e. The minimum absolute atomic E-state index is 0.116. The van der Waals surface area contributed by atoms with Gasteiger partial charge in [-0.2, -0.15) is 0 Å².